The topological polar surface area (TPSA) is 67.5 Å². The fourth-order valence-corrected chi connectivity index (χ4v) is 2.20. The molecule has 12 heteroatoms. The summed E-state index contributed by atoms with van der Waals surface area (Å²) in [5.74, 6) is -2.46. The van der Waals surface area contributed by atoms with Gasteiger partial charge in [-0.25, -0.2) is 4.79 Å². The van der Waals surface area contributed by atoms with E-state index in [9.17, 15) is 26.7 Å². The number of rotatable bonds is 3. The number of hydrogen-bond donors (Lipinski definition) is 1. The minimum atomic E-state index is -4.76. The third-order valence-corrected chi connectivity index (χ3v) is 3.39. The van der Waals surface area contributed by atoms with Gasteiger partial charge in [-0.2, -0.15) is 22.0 Å². The predicted molar refractivity (Wildman–Crippen MR) is 61.4 cm³/mol. The Balaban J connectivity index is 2.57. The quantitative estimate of drug-likeness (QED) is 0.682. The van der Waals surface area contributed by atoms with E-state index in [4.69, 9.17) is 16.7 Å². The maximum absolute atomic E-state index is 13.1. The molecule has 2 aromatic heterocycles. The van der Waals surface area contributed by atoms with Crippen molar-refractivity contribution in [2.75, 3.05) is 0 Å². The second-order valence-corrected chi connectivity index (χ2v) is 5.16. The van der Waals surface area contributed by atoms with Crippen LogP contribution in [0.3, 0.4) is 0 Å². The van der Waals surface area contributed by atoms with Gasteiger partial charge in [0.15, 0.2) is 5.65 Å². The van der Waals surface area contributed by atoms with Crippen molar-refractivity contribution < 1.29 is 31.9 Å². The molecular weight excluding hydrogens is 345 g/mol. The maximum atomic E-state index is 13.1. The zero-order valence-electron chi connectivity index (χ0n) is 9.53. The molecule has 21 heavy (non-hydrogen) atoms. The van der Waals surface area contributed by atoms with Gasteiger partial charge >= 0.3 is 17.4 Å². The molecule has 0 spiro atoms. The summed E-state index contributed by atoms with van der Waals surface area (Å²) in [5, 5.41) is 9.43. The van der Waals surface area contributed by atoms with Crippen molar-refractivity contribution >= 4 is 35.0 Å². The summed E-state index contributed by atoms with van der Waals surface area (Å²) in [6.07, 6.45) is -4.30. The van der Waals surface area contributed by atoms with Crippen molar-refractivity contribution in [3.8, 4) is 0 Å². The Hall–Kier alpha value is -1.62. The van der Waals surface area contributed by atoms with Gasteiger partial charge in [-0.3, -0.25) is 4.40 Å². The van der Waals surface area contributed by atoms with Crippen LogP contribution in [0, 0.1) is 0 Å². The van der Waals surface area contributed by atoms with Crippen LogP contribution < -0.4 is 0 Å². The first-order chi connectivity index (χ1) is 9.52. The Labute approximate surface area is 121 Å². The number of carboxylic acid groups (broad SMARTS) is 1. The van der Waals surface area contributed by atoms with Crippen LogP contribution in [0.1, 0.15) is 5.56 Å². The average Bonchev–Trinajstić information content (AvgIpc) is 2.71. The van der Waals surface area contributed by atoms with E-state index in [1.807, 2.05) is 0 Å². The van der Waals surface area contributed by atoms with Crippen LogP contribution in [0.15, 0.2) is 17.4 Å². The van der Waals surface area contributed by atoms with Gasteiger partial charge in [0.1, 0.15) is 0 Å². The highest BCUT2D eigenvalue weighted by molar-refractivity contribution is 8.00. The highest BCUT2D eigenvalue weighted by Crippen LogP contribution is 2.37. The second-order valence-electron chi connectivity index (χ2n) is 3.67. The monoisotopic (exact) mass is 347 g/mol. The van der Waals surface area contributed by atoms with Crippen molar-refractivity contribution in [3.63, 3.8) is 0 Å². The van der Waals surface area contributed by atoms with Crippen LogP contribution in [0.2, 0.25) is 5.02 Å². The first kappa shape index (κ1) is 15.8. The standard InChI is InChI=1S/C9H3ClF5N3O2S/c10-4-1-3(8(11,12)13)2-18-5(4)16-17-7(18)21-9(14,15)6(19)20/h1-2H,(H,19,20). The number of fused-ring (bicyclic) bond motifs is 1. The van der Waals surface area contributed by atoms with Crippen LogP contribution in [-0.2, 0) is 11.0 Å². The number of pyridine rings is 1. The van der Waals surface area contributed by atoms with Gasteiger partial charge in [-0.1, -0.05) is 11.6 Å². The van der Waals surface area contributed by atoms with Gasteiger partial charge in [0, 0.05) is 18.0 Å². The van der Waals surface area contributed by atoms with Crippen molar-refractivity contribution in [1.82, 2.24) is 14.6 Å². The average molecular weight is 348 g/mol. The van der Waals surface area contributed by atoms with E-state index in [0.717, 1.165) is 0 Å². The van der Waals surface area contributed by atoms with Gasteiger partial charge in [-0.15, -0.1) is 10.2 Å². The fourth-order valence-electron chi connectivity index (χ4n) is 1.32. The number of aliphatic carboxylic acids is 1. The van der Waals surface area contributed by atoms with Crippen LogP contribution in [0.25, 0.3) is 5.65 Å². The molecule has 0 aliphatic heterocycles. The molecule has 0 fully saturated rings. The Morgan fingerprint density at radius 2 is 1.90 bits per heavy atom. The Morgan fingerprint density at radius 1 is 1.29 bits per heavy atom. The van der Waals surface area contributed by atoms with E-state index < -0.39 is 44.9 Å². The van der Waals surface area contributed by atoms with Crippen molar-refractivity contribution in [3.05, 3.63) is 22.8 Å². The predicted octanol–water partition coefficient (Wildman–Crippen LogP) is 3.17. The van der Waals surface area contributed by atoms with Gasteiger partial charge in [-0.05, 0) is 6.07 Å². The van der Waals surface area contributed by atoms with Crippen LogP contribution >= 0.6 is 23.4 Å². The number of nitrogens with zero attached hydrogens (tertiary/aromatic N) is 3. The molecule has 0 atom stereocenters. The summed E-state index contributed by atoms with van der Waals surface area (Å²) in [6.45, 7) is 0. The lowest BCUT2D eigenvalue weighted by molar-refractivity contribution is -0.153. The summed E-state index contributed by atoms with van der Waals surface area (Å²) in [5.41, 5.74) is -1.51. The molecule has 0 aliphatic rings. The summed E-state index contributed by atoms with van der Waals surface area (Å²) in [6, 6.07) is 0.565. The van der Waals surface area contributed by atoms with Gasteiger partial charge < -0.3 is 5.11 Å². The molecule has 2 aromatic rings. The summed E-state index contributed by atoms with van der Waals surface area (Å²) < 4.78 is 64.7. The van der Waals surface area contributed by atoms with E-state index in [1.54, 1.807) is 0 Å². The largest absolute Gasteiger partial charge is 0.476 e. The number of hydrogen-bond acceptors (Lipinski definition) is 4. The molecule has 0 saturated carbocycles. The van der Waals surface area contributed by atoms with E-state index in [1.165, 1.54) is 0 Å². The van der Waals surface area contributed by atoms with Gasteiger partial charge in [0.05, 0.1) is 10.6 Å². The molecule has 2 rings (SSSR count). The lowest BCUT2D eigenvalue weighted by atomic mass is 10.3. The highest BCUT2D eigenvalue weighted by Gasteiger charge is 2.42. The Kier molecular flexibility index (Phi) is 3.74. The number of aromatic nitrogens is 3. The zero-order valence-corrected chi connectivity index (χ0v) is 11.1. The zero-order chi connectivity index (χ0) is 16.0. The maximum Gasteiger partial charge on any atom is 0.417 e. The molecule has 0 amide bonds. The molecule has 0 unspecified atom stereocenters. The molecular formula is C9H3ClF5N3O2S. The number of carbonyl (C=O) groups is 1. The Morgan fingerprint density at radius 3 is 2.43 bits per heavy atom. The molecule has 0 aromatic carbocycles. The SMILES string of the molecule is O=C(O)C(F)(F)Sc1nnc2c(Cl)cc(C(F)(F)F)cn12. The number of thioether (sulfide) groups is 1. The summed E-state index contributed by atoms with van der Waals surface area (Å²) >= 11 is 5.03. The van der Waals surface area contributed by atoms with E-state index in [0.29, 0.717) is 16.7 Å². The molecule has 0 radical (unpaired) electrons. The third kappa shape index (κ3) is 3.02. The summed E-state index contributed by atoms with van der Waals surface area (Å²) in [7, 11) is 0. The normalized spacial score (nSPS) is 12.9. The second kappa shape index (κ2) is 4.98. The lowest BCUT2D eigenvalue weighted by Gasteiger charge is -2.10. The number of carboxylic acids is 1. The minimum Gasteiger partial charge on any atom is -0.476 e. The Bertz CT molecular complexity index is 717. The van der Waals surface area contributed by atoms with E-state index >= 15 is 0 Å². The van der Waals surface area contributed by atoms with E-state index in [-0.39, 0.29) is 5.65 Å². The van der Waals surface area contributed by atoms with Crippen LogP contribution in [0.4, 0.5) is 22.0 Å². The molecule has 0 bridgehead atoms. The molecule has 2 heterocycles. The van der Waals surface area contributed by atoms with Gasteiger partial charge in [0.2, 0.25) is 5.16 Å². The highest BCUT2D eigenvalue weighted by atomic mass is 35.5. The van der Waals surface area contributed by atoms with Crippen molar-refractivity contribution in [1.29, 1.82) is 0 Å². The summed E-state index contributed by atoms with van der Waals surface area (Å²) in [4.78, 5) is 10.3. The third-order valence-electron chi connectivity index (χ3n) is 2.22. The molecule has 0 saturated heterocycles. The smallest absolute Gasteiger partial charge is 0.417 e. The number of halogens is 6. The van der Waals surface area contributed by atoms with Crippen molar-refractivity contribution in [2.45, 2.75) is 16.6 Å². The minimum absolute atomic E-state index is 0.298. The van der Waals surface area contributed by atoms with Crippen molar-refractivity contribution in [2.24, 2.45) is 0 Å². The lowest BCUT2D eigenvalue weighted by Crippen LogP contribution is -2.24. The molecule has 1 N–H and O–H groups in total. The first-order valence-corrected chi connectivity index (χ1v) is 6.13. The van der Waals surface area contributed by atoms with E-state index in [2.05, 4.69) is 10.2 Å². The van der Waals surface area contributed by atoms with Crippen LogP contribution in [0.5, 0.6) is 0 Å². The first-order valence-electron chi connectivity index (χ1n) is 4.94. The molecule has 0 aliphatic carbocycles. The number of alkyl halides is 5. The van der Waals surface area contributed by atoms with Crippen LogP contribution in [-0.4, -0.2) is 30.9 Å². The molecule has 114 valence electrons. The molecule has 5 nitrogen and oxygen atoms in total. The fraction of sp³-hybridized carbons (Fsp3) is 0.222. The van der Waals surface area contributed by atoms with Gasteiger partial charge in [0.25, 0.3) is 0 Å².